The van der Waals surface area contributed by atoms with Crippen molar-refractivity contribution in [2.45, 2.75) is 32.7 Å². The molecule has 3 heteroatoms. The zero-order chi connectivity index (χ0) is 12.8. The second kappa shape index (κ2) is 6.95. The number of benzene rings is 1. The highest BCUT2D eigenvalue weighted by Gasteiger charge is 2.01. The number of thiophene rings is 1. The summed E-state index contributed by atoms with van der Waals surface area (Å²) in [6.45, 7) is 3.11. The maximum absolute atomic E-state index is 3.55. The van der Waals surface area contributed by atoms with E-state index in [1.165, 1.54) is 39.9 Å². The highest BCUT2D eigenvalue weighted by atomic mass is 79.9. The predicted octanol–water partition coefficient (Wildman–Crippen LogP) is 5.47. The van der Waals surface area contributed by atoms with E-state index in [1.807, 2.05) is 0 Å². The van der Waals surface area contributed by atoms with Crippen molar-refractivity contribution in [2.24, 2.45) is 0 Å². The molecular weight excluding hydrogens is 306 g/mol. The minimum absolute atomic E-state index is 0.882. The Morgan fingerprint density at radius 3 is 2.56 bits per heavy atom. The number of nitrogens with one attached hydrogen (secondary N) is 1. The number of unbranched alkanes of at least 4 members (excludes halogenated alkanes) is 1. The molecule has 0 bridgehead atoms. The minimum atomic E-state index is 0.882. The third kappa shape index (κ3) is 3.85. The Labute approximate surface area is 121 Å². The van der Waals surface area contributed by atoms with Crippen LogP contribution in [0.3, 0.4) is 0 Å². The highest BCUT2D eigenvalue weighted by molar-refractivity contribution is 9.10. The summed E-state index contributed by atoms with van der Waals surface area (Å²) in [4.78, 5) is 1.34. The molecule has 0 amide bonds. The molecule has 1 aromatic carbocycles. The smallest absolute Gasteiger partial charge is 0.0505 e. The van der Waals surface area contributed by atoms with E-state index in [-0.39, 0.29) is 0 Å². The molecule has 0 atom stereocenters. The van der Waals surface area contributed by atoms with E-state index in [0.29, 0.717) is 0 Å². The van der Waals surface area contributed by atoms with Crippen molar-refractivity contribution in [1.29, 1.82) is 0 Å². The van der Waals surface area contributed by atoms with Gasteiger partial charge in [0, 0.05) is 15.0 Å². The molecule has 18 heavy (non-hydrogen) atoms. The van der Waals surface area contributed by atoms with Crippen LogP contribution in [0.4, 0.5) is 5.69 Å². The Morgan fingerprint density at radius 1 is 1.17 bits per heavy atom. The Morgan fingerprint density at radius 2 is 1.94 bits per heavy atom. The van der Waals surface area contributed by atoms with Crippen LogP contribution < -0.4 is 5.32 Å². The van der Waals surface area contributed by atoms with E-state index in [9.17, 15) is 0 Å². The second-order valence-corrected chi connectivity index (χ2v) is 6.20. The first-order valence-electron chi connectivity index (χ1n) is 6.34. The molecule has 0 unspecified atom stereocenters. The number of rotatable bonds is 6. The number of hydrogen-bond acceptors (Lipinski definition) is 2. The van der Waals surface area contributed by atoms with Crippen molar-refractivity contribution < 1.29 is 0 Å². The molecule has 0 aliphatic heterocycles. The quantitative estimate of drug-likeness (QED) is 0.743. The van der Waals surface area contributed by atoms with Crippen LogP contribution in [0.15, 0.2) is 40.2 Å². The van der Waals surface area contributed by atoms with Gasteiger partial charge in [-0.15, -0.1) is 11.3 Å². The van der Waals surface area contributed by atoms with Gasteiger partial charge in [-0.2, -0.15) is 0 Å². The van der Waals surface area contributed by atoms with Gasteiger partial charge in [0.2, 0.25) is 0 Å². The largest absolute Gasteiger partial charge is 0.380 e. The van der Waals surface area contributed by atoms with E-state index < -0.39 is 0 Å². The lowest BCUT2D eigenvalue weighted by Crippen LogP contribution is -1.98. The molecule has 1 nitrogen and oxygen atoms in total. The molecule has 1 heterocycles. The standard InChI is InChI=1S/C15H18BrNS/c1-2-3-4-12-5-7-13(8-6-12)17-11-15-14(16)9-10-18-15/h5-10,17H,2-4,11H2,1H3. The zero-order valence-corrected chi connectivity index (χ0v) is 13.0. The van der Waals surface area contributed by atoms with E-state index in [1.54, 1.807) is 11.3 Å². The van der Waals surface area contributed by atoms with Gasteiger partial charge in [0.1, 0.15) is 0 Å². The molecule has 1 N–H and O–H groups in total. The van der Waals surface area contributed by atoms with Gasteiger partial charge in [0.05, 0.1) is 6.54 Å². The fourth-order valence-corrected chi connectivity index (χ4v) is 3.24. The first kappa shape index (κ1) is 13.6. The third-order valence-electron chi connectivity index (χ3n) is 2.92. The number of anilines is 1. The first-order valence-corrected chi connectivity index (χ1v) is 8.01. The average Bonchev–Trinajstić information content (AvgIpc) is 2.81. The molecule has 0 aliphatic carbocycles. The molecule has 0 aliphatic rings. The van der Waals surface area contributed by atoms with Gasteiger partial charge in [0.15, 0.2) is 0 Å². The lowest BCUT2D eigenvalue weighted by atomic mass is 10.1. The summed E-state index contributed by atoms with van der Waals surface area (Å²) in [7, 11) is 0. The molecule has 0 fully saturated rings. The Hall–Kier alpha value is -0.800. The molecular formula is C15H18BrNS. The van der Waals surface area contributed by atoms with Crippen molar-refractivity contribution in [3.8, 4) is 0 Å². The van der Waals surface area contributed by atoms with Gasteiger partial charge < -0.3 is 5.32 Å². The molecule has 2 rings (SSSR count). The third-order valence-corrected chi connectivity index (χ3v) is 4.84. The van der Waals surface area contributed by atoms with Crippen LogP contribution in [-0.2, 0) is 13.0 Å². The summed E-state index contributed by atoms with van der Waals surface area (Å²) in [5, 5.41) is 5.56. The van der Waals surface area contributed by atoms with Gasteiger partial charge in [-0.25, -0.2) is 0 Å². The Kier molecular flexibility index (Phi) is 5.26. The summed E-state index contributed by atoms with van der Waals surface area (Å²) >= 11 is 5.32. The molecule has 0 saturated carbocycles. The SMILES string of the molecule is CCCCc1ccc(NCc2sccc2Br)cc1. The van der Waals surface area contributed by atoms with Gasteiger partial charge in [-0.3, -0.25) is 0 Å². The average molecular weight is 324 g/mol. The van der Waals surface area contributed by atoms with Gasteiger partial charge in [-0.05, 0) is 57.9 Å². The van der Waals surface area contributed by atoms with Crippen LogP contribution >= 0.6 is 27.3 Å². The fraction of sp³-hybridized carbons (Fsp3) is 0.333. The van der Waals surface area contributed by atoms with Crippen LogP contribution in [0, 0.1) is 0 Å². The summed E-state index contributed by atoms with van der Waals surface area (Å²) in [5.74, 6) is 0. The lowest BCUT2D eigenvalue weighted by Gasteiger charge is -2.07. The van der Waals surface area contributed by atoms with Crippen LogP contribution in [-0.4, -0.2) is 0 Å². The molecule has 0 spiro atoms. The first-order chi connectivity index (χ1) is 8.79. The van der Waals surface area contributed by atoms with Crippen molar-refractivity contribution in [1.82, 2.24) is 0 Å². The molecule has 1 aromatic heterocycles. The van der Waals surface area contributed by atoms with Gasteiger partial charge >= 0.3 is 0 Å². The number of hydrogen-bond donors (Lipinski definition) is 1. The maximum Gasteiger partial charge on any atom is 0.0505 e. The van der Waals surface area contributed by atoms with E-state index in [4.69, 9.17) is 0 Å². The summed E-state index contributed by atoms with van der Waals surface area (Å²) in [6.07, 6.45) is 3.72. The van der Waals surface area contributed by atoms with Crippen molar-refractivity contribution >= 4 is 33.0 Å². The maximum atomic E-state index is 3.55. The number of aryl methyl sites for hydroxylation is 1. The summed E-state index contributed by atoms with van der Waals surface area (Å²) in [5.41, 5.74) is 2.62. The summed E-state index contributed by atoms with van der Waals surface area (Å²) in [6, 6.07) is 10.9. The van der Waals surface area contributed by atoms with Crippen molar-refractivity contribution in [3.05, 3.63) is 50.6 Å². The predicted molar refractivity (Wildman–Crippen MR) is 84.4 cm³/mol. The van der Waals surface area contributed by atoms with Crippen LogP contribution in [0.25, 0.3) is 0 Å². The van der Waals surface area contributed by atoms with Gasteiger partial charge in [-0.1, -0.05) is 25.5 Å². The van der Waals surface area contributed by atoms with Crippen molar-refractivity contribution in [3.63, 3.8) is 0 Å². The molecule has 0 radical (unpaired) electrons. The second-order valence-electron chi connectivity index (χ2n) is 4.35. The van der Waals surface area contributed by atoms with E-state index in [2.05, 4.69) is 63.9 Å². The van der Waals surface area contributed by atoms with Crippen LogP contribution in [0.1, 0.15) is 30.2 Å². The van der Waals surface area contributed by atoms with E-state index >= 15 is 0 Å². The number of halogens is 1. The highest BCUT2D eigenvalue weighted by Crippen LogP contribution is 2.23. The van der Waals surface area contributed by atoms with Crippen LogP contribution in [0.5, 0.6) is 0 Å². The van der Waals surface area contributed by atoms with Crippen LogP contribution in [0.2, 0.25) is 0 Å². The Balaban J connectivity index is 1.88. The molecule has 2 aromatic rings. The normalized spacial score (nSPS) is 10.6. The Bertz CT molecular complexity index is 475. The zero-order valence-electron chi connectivity index (χ0n) is 10.6. The van der Waals surface area contributed by atoms with Gasteiger partial charge in [0.25, 0.3) is 0 Å². The lowest BCUT2D eigenvalue weighted by molar-refractivity contribution is 0.795. The molecule has 0 saturated heterocycles. The minimum Gasteiger partial charge on any atom is -0.380 e. The monoisotopic (exact) mass is 323 g/mol. The van der Waals surface area contributed by atoms with Crippen molar-refractivity contribution in [2.75, 3.05) is 5.32 Å². The topological polar surface area (TPSA) is 12.0 Å². The van der Waals surface area contributed by atoms with E-state index in [0.717, 1.165) is 6.54 Å². The summed E-state index contributed by atoms with van der Waals surface area (Å²) < 4.78 is 1.19. The fourth-order valence-electron chi connectivity index (χ4n) is 1.80. The molecule has 96 valence electrons.